The number of amides is 1. The fourth-order valence-electron chi connectivity index (χ4n) is 5.20. The Hall–Kier alpha value is -3.06. The van der Waals surface area contributed by atoms with Crippen LogP contribution in [0.5, 0.6) is 5.75 Å². The summed E-state index contributed by atoms with van der Waals surface area (Å²) in [4.78, 5) is 30.1. The molecule has 1 saturated heterocycles. The minimum absolute atomic E-state index is 0.0756. The highest BCUT2D eigenvalue weighted by Gasteiger charge is 2.24. The summed E-state index contributed by atoms with van der Waals surface area (Å²) in [5.41, 5.74) is 6.54. The average Bonchev–Trinajstić information content (AvgIpc) is 3.22. The van der Waals surface area contributed by atoms with Crippen molar-refractivity contribution in [3.8, 4) is 17.0 Å². The summed E-state index contributed by atoms with van der Waals surface area (Å²) in [6, 6.07) is 8.63. The summed E-state index contributed by atoms with van der Waals surface area (Å²) >= 11 is 0. The monoisotopic (exact) mass is 464 g/mol. The number of nitrogens with one attached hydrogen (secondary N) is 2. The number of rotatable bonds is 6. The molecule has 2 N–H and O–H groups in total. The highest BCUT2D eigenvalue weighted by molar-refractivity contribution is 5.92. The summed E-state index contributed by atoms with van der Waals surface area (Å²) in [6.07, 6.45) is 2.10. The summed E-state index contributed by atoms with van der Waals surface area (Å²) in [5, 5.41) is 3.95. The predicted octanol–water partition coefficient (Wildman–Crippen LogP) is 3.90. The van der Waals surface area contributed by atoms with Gasteiger partial charge in [0.2, 0.25) is 5.91 Å². The first-order valence-corrected chi connectivity index (χ1v) is 12.1. The standard InChI is InChI=1S/C27H36N4O3/c1-16(2)25-21-13-19(18-9-11-31(12-10-18)15-24(32)28-4)7-8-22(21)29-26(25)20-14-23(34-6)27(33)30(5)17(20)3/h7-8,13-14,16,18,29H,9-12,15H2,1-6H3,(H,28,32). The Kier molecular flexibility index (Phi) is 6.84. The van der Waals surface area contributed by atoms with Gasteiger partial charge in [0, 0.05) is 36.3 Å². The van der Waals surface area contributed by atoms with Crippen molar-refractivity contribution in [1.29, 1.82) is 0 Å². The summed E-state index contributed by atoms with van der Waals surface area (Å²) in [6.45, 7) is 8.74. The maximum Gasteiger partial charge on any atom is 0.292 e. The van der Waals surface area contributed by atoms with Crippen molar-refractivity contribution < 1.29 is 9.53 Å². The van der Waals surface area contributed by atoms with Crippen LogP contribution in [0.4, 0.5) is 0 Å². The number of hydrogen-bond donors (Lipinski definition) is 2. The van der Waals surface area contributed by atoms with E-state index in [-0.39, 0.29) is 11.5 Å². The van der Waals surface area contributed by atoms with Crippen molar-refractivity contribution in [3.05, 3.63) is 51.4 Å². The Labute approximate surface area is 201 Å². The van der Waals surface area contributed by atoms with Crippen LogP contribution in [0.3, 0.4) is 0 Å². The maximum absolute atomic E-state index is 12.5. The van der Waals surface area contributed by atoms with Crippen molar-refractivity contribution in [2.24, 2.45) is 7.05 Å². The number of aromatic nitrogens is 2. The van der Waals surface area contributed by atoms with Crippen molar-refractivity contribution in [3.63, 3.8) is 0 Å². The zero-order valence-corrected chi connectivity index (χ0v) is 21.1. The number of ether oxygens (including phenoxy) is 1. The molecule has 182 valence electrons. The third-order valence-electron chi connectivity index (χ3n) is 7.32. The van der Waals surface area contributed by atoms with Gasteiger partial charge in [-0.15, -0.1) is 0 Å². The average molecular weight is 465 g/mol. The molecule has 0 radical (unpaired) electrons. The number of piperidine rings is 1. The molecule has 1 aliphatic rings. The van der Waals surface area contributed by atoms with E-state index in [1.54, 1.807) is 18.7 Å². The molecular weight excluding hydrogens is 428 g/mol. The fourth-order valence-corrected chi connectivity index (χ4v) is 5.20. The van der Waals surface area contributed by atoms with E-state index in [1.807, 2.05) is 13.0 Å². The van der Waals surface area contributed by atoms with Crippen LogP contribution in [-0.2, 0) is 11.8 Å². The quantitative estimate of drug-likeness (QED) is 0.580. The molecule has 3 heterocycles. The van der Waals surface area contributed by atoms with E-state index in [0.29, 0.717) is 24.1 Å². The van der Waals surface area contributed by atoms with Crippen LogP contribution < -0.4 is 15.6 Å². The Morgan fingerprint density at radius 1 is 1.24 bits per heavy atom. The Balaban J connectivity index is 1.72. The Morgan fingerprint density at radius 3 is 2.56 bits per heavy atom. The number of carbonyl (C=O) groups is 1. The van der Waals surface area contributed by atoms with E-state index in [4.69, 9.17) is 4.74 Å². The van der Waals surface area contributed by atoms with Crippen LogP contribution in [0.25, 0.3) is 22.2 Å². The molecule has 0 unspecified atom stereocenters. The number of methoxy groups -OCH3 is 1. The molecule has 0 spiro atoms. The van der Waals surface area contributed by atoms with Crippen LogP contribution >= 0.6 is 0 Å². The number of hydrogen-bond acceptors (Lipinski definition) is 4. The molecule has 7 nitrogen and oxygen atoms in total. The molecule has 2 aromatic heterocycles. The minimum Gasteiger partial charge on any atom is -0.491 e. The number of fused-ring (bicyclic) bond motifs is 1. The summed E-state index contributed by atoms with van der Waals surface area (Å²) < 4.78 is 7.03. The number of pyridine rings is 1. The van der Waals surface area contributed by atoms with Gasteiger partial charge in [-0.05, 0) is 74.0 Å². The summed E-state index contributed by atoms with van der Waals surface area (Å²) in [7, 11) is 5.01. The number of likely N-dealkylation sites (N-methyl/N-ethyl adjacent to an activating group) is 1. The molecule has 1 aromatic carbocycles. The smallest absolute Gasteiger partial charge is 0.292 e. The zero-order valence-electron chi connectivity index (χ0n) is 21.1. The van der Waals surface area contributed by atoms with Crippen molar-refractivity contribution in [1.82, 2.24) is 19.8 Å². The van der Waals surface area contributed by atoms with E-state index >= 15 is 0 Å². The SMILES string of the molecule is CNC(=O)CN1CCC(c2ccc3[nH]c(-c4cc(OC)c(=O)n(C)c4C)c(C(C)C)c3c2)CC1. The molecule has 0 atom stereocenters. The first-order valence-electron chi connectivity index (χ1n) is 12.1. The van der Waals surface area contributed by atoms with E-state index in [1.165, 1.54) is 23.6 Å². The van der Waals surface area contributed by atoms with Crippen LogP contribution in [0.1, 0.15) is 55.3 Å². The van der Waals surface area contributed by atoms with Crippen LogP contribution in [-0.4, -0.2) is 54.1 Å². The normalized spacial score (nSPS) is 15.3. The molecule has 0 saturated carbocycles. The molecule has 1 fully saturated rings. The van der Waals surface area contributed by atoms with Gasteiger partial charge in [0.1, 0.15) is 0 Å². The number of aromatic amines is 1. The van der Waals surface area contributed by atoms with Crippen LogP contribution in [0.15, 0.2) is 29.1 Å². The lowest BCUT2D eigenvalue weighted by atomic mass is 9.87. The van der Waals surface area contributed by atoms with Crippen LogP contribution in [0.2, 0.25) is 0 Å². The molecule has 1 aliphatic heterocycles. The number of benzene rings is 1. The lowest BCUT2D eigenvalue weighted by molar-refractivity contribution is -0.122. The molecule has 7 heteroatoms. The third kappa shape index (κ3) is 4.37. The lowest BCUT2D eigenvalue weighted by Gasteiger charge is -2.31. The van der Waals surface area contributed by atoms with Crippen molar-refractivity contribution in [2.75, 3.05) is 33.8 Å². The lowest BCUT2D eigenvalue weighted by Crippen LogP contribution is -2.40. The van der Waals surface area contributed by atoms with Gasteiger partial charge in [-0.25, -0.2) is 0 Å². The highest BCUT2D eigenvalue weighted by Crippen LogP contribution is 2.39. The van der Waals surface area contributed by atoms with Gasteiger partial charge in [-0.2, -0.15) is 0 Å². The second-order valence-electron chi connectivity index (χ2n) is 9.67. The van der Waals surface area contributed by atoms with Gasteiger partial charge < -0.3 is 19.6 Å². The Bertz CT molecular complexity index is 1260. The molecule has 0 bridgehead atoms. The van der Waals surface area contributed by atoms with E-state index in [2.05, 4.69) is 47.2 Å². The first-order chi connectivity index (χ1) is 16.2. The van der Waals surface area contributed by atoms with Gasteiger partial charge in [-0.1, -0.05) is 19.9 Å². The first kappa shape index (κ1) is 24.1. The molecule has 4 rings (SSSR count). The van der Waals surface area contributed by atoms with E-state index < -0.39 is 0 Å². The minimum atomic E-state index is -0.129. The van der Waals surface area contributed by atoms with Gasteiger partial charge in [0.25, 0.3) is 5.56 Å². The number of nitrogens with zero attached hydrogens (tertiary/aromatic N) is 2. The third-order valence-corrected chi connectivity index (χ3v) is 7.32. The Morgan fingerprint density at radius 2 is 1.94 bits per heavy atom. The van der Waals surface area contributed by atoms with Gasteiger partial charge in [-0.3, -0.25) is 14.5 Å². The predicted molar refractivity (Wildman–Crippen MR) is 137 cm³/mol. The molecule has 34 heavy (non-hydrogen) atoms. The van der Waals surface area contributed by atoms with Crippen molar-refractivity contribution in [2.45, 2.75) is 45.4 Å². The molecular formula is C27H36N4O3. The van der Waals surface area contributed by atoms with E-state index in [0.717, 1.165) is 48.4 Å². The van der Waals surface area contributed by atoms with Gasteiger partial charge in [0.15, 0.2) is 5.75 Å². The summed E-state index contributed by atoms with van der Waals surface area (Å²) in [5.74, 6) is 1.21. The molecule has 1 amide bonds. The van der Waals surface area contributed by atoms with Gasteiger partial charge >= 0.3 is 0 Å². The zero-order chi connectivity index (χ0) is 24.6. The maximum atomic E-state index is 12.5. The fraction of sp³-hybridized carbons (Fsp3) is 0.481. The number of carbonyl (C=O) groups excluding carboxylic acids is 1. The molecule has 3 aromatic rings. The second kappa shape index (κ2) is 9.66. The topological polar surface area (TPSA) is 79.4 Å². The second-order valence-corrected chi connectivity index (χ2v) is 9.67. The molecule has 0 aliphatic carbocycles. The van der Waals surface area contributed by atoms with Crippen LogP contribution in [0, 0.1) is 6.92 Å². The van der Waals surface area contributed by atoms with E-state index in [9.17, 15) is 9.59 Å². The highest BCUT2D eigenvalue weighted by atomic mass is 16.5. The van der Waals surface area contributed by atoms with Gasteiger partial charge in [0.05, 0.1) is 19.3 Å². The van der Waals surface area contributed by atoms with Crippen molar-refractivity contribution >= 4 is 16.8 Å². The number of likely N-dealkylation sites (tertiary alicyclic amines) is 1. The number of H-pyrrole nitrogens is 1. The largest absolute Gasteiger partial charge is 0.491 e.